The van der Waals surface area contributed by atoms with Crippen LogP contribution in [0.15, 0.2) is 18.2 Å². The van der Waals surface area contributed by atoms with Gasteiger partial charge in [0.15, 0.2) is 0 Å². The van der Waals surface area contributed by atoms with Crippen molar-refractivity contribution in [3.05, 3.63) is 28.8 Å². The highest BCUT2D eigenvalue weighted by atomic mass is 35.5. The Hall–Kier alpha value is -1.30. The predicted molar refractivity (Wildman–Crippen MR) is 107 cm³/mol. The molecule has 1 saturated carbocycles. The Balaban J connectivity index is 0.00000243. The molecule has 0 aromatic heterocycles. The maximum atomic E-state index is 12.6. The number of anilines is 1. The molecule has 1 atom stereocenters. The second kappa shape index (κ2) is 10.1. The minimum Gasteiger partial charge on any atom is -0.349 e. The van der Waals surface area contributed by atoms with Gasteiger partial charge in [0.1, 0.15) is 0 Å². The maximum Gasteiger partial charge on any atom is 0.253 e. The Morgan fingerprint density at radius 2 is 1.77 bits per heavy atom. The summed E-state index contributed by atoms with van der Waals surface area (Å²) >= 11 is 6.21. The van der Waals surface area contributed by atoms with E-state index in [0.29, 0.717) is 16.3 Å². The summed E-state index contributed by atoms with van der Waals surface area (Å²) in [6.45, 7) is 0.869. The van der Waals surface area contributed by atoms with Crippen molar-refractivity contribution >= 4 is 41.5 Å². The van der Waals surface area contributed by atoms with Crippen molar-refractivity contribution in [1.82, 2.24) is 10.6 Å². The number of benzene rings is 1. The van der Waals surface area contributed by atoms with E-state index >= 15 is 0 Å². The fourth-order valence-corrected chi connectivity index (χ4v) is 3.80. The molecule has 1 unspecified atom stereocenters. The molecule has 1 aliphatic carbocycles. The minimum absolute atomic E-state index is 0. The number of carbonyl (C=O) groups excluding carboxylic acids is 2. The Morgan fingerprint density at radius 3 is 2.46 bits per heavy atom. The van der Waals surface area contributed by atoms with Gasteiger partial charge in [-0.15, -0.1) is 12.4 Å². The fourth-order valence-electron chi connectivity index (χ4n) is 3.59. The molecular weight excluding hydrogens is 373 g/mol. The summed E-state index contributed by atoms with van der Waals surface area (Å²) in [5, 5.41) is 9.60. The summed E-state index contributed by atoms with van der Waals surface area (Å²) < 4.78 is 0. The van der Waals surface area contributed by atoms with Gasteiger partial charge in [0.2, 0.25) is 5.91 Å². The van der Waals surface area contributed by atoms with Crippen molar-refractivity contribution in [2.24, 2.45) is 0 Å². The number of amides is 2. The average molecular weight is 400 g/mol. The molecular formula is C19H27Cl2N3O2. The standard InChI is InChI=1S/C19H26ClN3O2.ClH/c20-16-10-9-14(23-19(25)17-8-4-5-11-21-17)12-15(16)18(24)22-13-6-2-1-3-7-13;/h9-10,12-13,17,21H,1-8,11H2,(H,22,24)(H,23,25);1H. The van der Waals surface area contributed by atoms with Crippen LogP contribution in [0, 0.1) is 0 Å². The van der Waals surface area contributed by atoms with Crippen LogP contribution in [0.25, 0.3) is 0 Å². The van der Waals surface area contributed by atoms with Crippen LogP contribution in [0.4, 0.5) is 5.69 Å². The number of halogens is 2. The van der Waals surface area contributed by atoms with Crippen LogP contribution in [0.5, 0.6) is 0 Å². The molecule has 1 heterocycles. The molecule has 144 valence electrons. The lowest BCUT2D eigenvalue weighted by Crippen LogP contribution is -2.43. The number of piperidine rings is 1. The highest BCUT2D eigenvalue weighted by Gasteiger charge is 2.22. The zero-order chi connectivity index (χ0) is 17.6. The van der Waals surface area contributed by atoms with Crippen molar-refractivity contribution in [3.63, 3.8) is 0 Å². The summed E-state index contributed by atoms with van der Waals surface area (Å²) in [7, 11) is 0. The molecule has 1 aliphatic heterocycles. The highest BCUT2D eigenvalue weighted by Crippen LogP contribution is 2.23. The topological polar surface area (TPSA) is 70.2 Å². The van der Waals surface area contributed by atoms with Crippen LogP contribution < -0.4 is 16.0 Å². The van der Waals surface area contributed by atoms with Gasteiger partial charge in [-0.3, -0.25) is 9.59 Å². The van der Waals surface area contributed by atoms with Crippen LogP contribution in [0.3, 0.4) is 0 Å². The summed E-state index contributed by atoms with van der Waals surface area (Å²) in [6.07, 6.45) is 8.60. The molecule has 0 radical (unpaired) electrons. The molecule has 7 heteroatoms. The van der Waals surface area contributed by atoms with Crippen molar-refractivity contribution in [2.45, 2.75) is 63.5 Å². The number of rotatable bonds is 4. The van der Waals surface area contributed by atoms with Crippen molar-refractivity contribution in [3.8, 4) is 0 Å². The van der Waals surface area contributed by atoms with Crippen LogP contribution in [-0.4, -0.2) is 30.4 Å². The van der Waals surface area contributed by atoms with Gasteiger partial charge < -0.3 is 16.0 Å². The predicted octanol–water partition coefficient (Wildman–Crippen LogP) is 3.90. The average Bonchev–Trinajstić information content (AvgIpc) is 2.64. The first-order valence-corrected chi connectivity index (χ1v) is 9.66. The number of carbonyl (C=O) groups is 2. The Kier molecular flexibility index (Phi) is 8.19. The van der Waals surface area contributed by atoms with Crippen molar-refractivity contribution in [1.29, 1.82) is 0 Å². The Labute approximate surface area is 166 Å². The first kappa shape index (κ1) is 21.0. The lowest BCUT2D eigenvalue weighted by molar-refractivity contribution is -0.118. The molecule has 5 nitrogen and oxygen atoms in total. The number of nitrogens with one attached hydrogen (secondary N) is 3. The van der Waals surface area contributed by atoms with E-state index in [4.69, 9.17) is 11.6 Å². The minimum atomic E-state index is -0.163. The summed E-state index contributed by atoms with van der Waals surface area (Å²) in [5.41, 5.74) is 1.03. The van der Waals surface area contributed by atoms with Gasteiger partial charge >= 0.3 is 0 Å². The highest BCUT2D eigenvalue weighted by molar-refractivity contribution is 6.34. The molecule has 0 spiro atoms. The van der Waals surface area contributed by atoms with Gasteiger partial charge in [-0.2, -0.15) is 0 Å². The molecule has 2 aliphatic rings. The molecule has 0 bridgehead atoms. The summed E-state index contributed by atoms with van der Waals surface area (Å²) in [4.78, 5) is 24.9. The lowest BCUT2D eigenvalue weighted by Gasteiger charge is -2.23. The van der Waals surface area contributed by atoms with Gasteiger partial charge in [0, 0.05) is 11.7 Å². The maximum absolute atomic E-state index is 12.6. The van der Waals surface area contributed by atoms with E-state index < -0.39 is 0 Å². The van der Waals surface area contributed by atoms with E-state index in [9.17, 15) is 9.59 Å². The molecule has 1 aromatic carbocycles. The Morgan fingerprint density at radius 1 is 1.04 bits per heavy atom. The Bertz CT molecular complexity index is 627. The zero-order valence-corrected chi connectivity index (χ0v) is 16.4. The zero-order valence-electron chi connectivity index (χ0n) is 14.9. The summed E-state index contributed by atoms with van der Waals surface area (Å²) in [6, 6.07) is 5.13. The third-order valence-corrected chi connectivity index (χ3v) is 5.38. The van der Waals surface area contributed by atoms with E-state index in [1.54, 1.807) is 18.2 Å². The normalized spacial score (nSPS) is 20.7. The van der Waals surface area contributed by atoms with Gasteiger partial charge in [-0.05, 0) is 50.4 Å². The van der Waals surface area contributed by atoms with E-state index in [0.717, 1.165) is 51.5 Å². The van der Waals surface area contributed by atoms with Crippen LogP contribution in [0.2, 0.25) is 5.02 Å². The van der Waals surface area contributed by atoms with E-state index in [1.807, 2.05) is 0 Å². The number of hydrogen-bond donors (Lipinski definition) is 3. The SMILES string of the molecule is Cl.O=C(NC1CCCCC1)c1cc(NC(=O)C2CCCCN2)ccc1Cl. The molecule has 2 amide bonds. The molecule has 26 heavy (non-hydrogen) atoms. The van der Waals surface area contributed by atoms with Crippen LogP contribution >= 0.6 is 24.0 Å². The van der Waals surface area contributed by atoms with Gasteiger partial charge in [-0.25, -0.2) is 0 Å². The van der Waals surface area contributed by atoms with Crippen molar-refractivity contribution in [2.75, 3.05) is 11.9 Å². The molecule has 1 aromatic rings. The van der Waals surface area contributed by atoms with E-state index in [2.05, 4.69) is 16.0 Å². The monoisotopic (exact) mass is 399 g/mol. The third kappa shape index (κ3) is 5.60. The quantitative estimate of drug-likeness (QED) is 0.718. The van der Waals surface area contributed by atoms with Crippen LogP contribution in [0.1, 0.15) is 61.7 Å². The van der Waals surface area contributed by atoms with Gasteiger partial charge in [-0.1, -0.05) is 37.3 Å². The second-order valence-corrected chi connectivity index (χ2v) is 7.40. The van der Waals surface area contributed by atoms with E-state index in [-0.39, 0.29) is 36.3 Å². The van der Waals surface area contributed by atoms with Gasteiger partial charge in [0.25, 0.3) is 5.91 Å². The third-order valence-electron chi connectivity index (χ3n) is 5.05. The lowest BCUT2D eigenvalue weighted by atomic mass is 9.95. The molecule has 1 saturated heterocycles. The first-order chi connectivity index (χ1) is 12.1. The largest absolute Gasteiger partial charge is 0.349 e. The molecule has 2 fully saturated rings. The van der Waals surface area contributed by atoms with Gasteiger partial charge in [0.05, 0.1) is 16.6 Å². The second-order valence-electron chi connectivity index (χ2n) is 6.99. The molecule has 3 rings (SSSR count). The smallest absolute Gasteiger partial charge is 0.253 e. The summed E-state index contributed by atoms with van der Waals surface area (Å²) in [5.74, 6) is -0.218. The van der Waals surface area contributed by atoms with Crippen molar-refractivity contribution < 1.29 is 9.59 Å². The van der Waals surface area contributed by atoms with E-state index in [1.165, 1.54) is 6.42 Å². The molecule has 3 N–H and O–H groups in total. The van der Waals surface area contributed by atoms with Crippen LogP contribution in [-0.2, 0) is 4.79 Å². The first-order valence-electron chi connectivity index (χ1n) is 9.28. The fraction of sp³-hybridized carbons (Fsp3) is 0.579. The number of hydrogen-bond acceptors (Lipinski definition) is 3.